The predicted octanol–water partition coefficient (Wildman–Crippen LogP) is 3.57. The zero-order valence-corrected chi connectivity index (χ0v) is 15.3. The summed E-state index contributed by atoms with van der Waals surface area (Å²) < 4.78 is 16.4. The maximum atomic E-state index is 14.4. The molecule has 8 heteroatoms. The Labute approximate surface area is 155 Å². The van der Waals surface area contributed by atoms with E-state index < -0.39 is 5.82 Å². The number of aromatic nitrogens is 4. The van der Waals surface area contributed by atoms with Gasteiger partial charge in [0, 0.05) is 23.2 Å². The molecule has 1 saturated heterocycles. The van der Waals surface area contributed by atoms with Gasteiger partial charge in [0.05, 0.1) is 11.9 Å². The molecule has 1 atom stereocenters. The van der Waals surface area contributed by atoms with Crippen molar-refractivity contribution in [3.8, 4) is 17.0 Å². The Morgan fingerprint density at radius 3 is 2.85 bits per heavy atom. The lowest BCUT2D eigenvalue weighted by Gasteiger charge is -2.30. The predicted molar refractivity (Wildman–Crippen MR) is 97.9 cm³/mol. The lowest BCUT2D eigenvalue weighted by Crippen LogP contribution is -2.33. The van der Waals surface area contributed by atoms with E-state index in [0.717, 1.165) is 32.0 Å². The molecule has 26 heavy (non-hydrogen) atoms. The first-order valence-electron chi connectivity index (χ1n) is 8.52. The van der Waals surface area contributed by atoms with Gasteiger partial charge in [0.25, 0.3) is 0 Å². The number of phenolic OH excluding ortho intramolecular Hbond substituents is 1. The average Bonchev–Trinajstić information content (AvgIpc) is 3.01. The molecule has 1 N–H and O–H groups in total. The van der Waals surface area contributed by atoms with Crippen LogP contribution in [0.15, 0.2) is 18.5 Å². The van der Waals surface area contributed by atoms with Crippen molar-refractivity contribution in [2.24, 2.45) is 0 Å². The summed E-state index contributed by atoms with van der Waals surface area (Å²) in [5.41, 5.74) is 2.29. The molecule has 1 fully saturated rings. The van der Waals surface area contributed by atoms with E-state index in [9.17, 15) is 9.50 Å². The van der Waals surface area contributed by atoms with Crippen LogP contribution in [-0.4, -0.2) is 49.9 Å². The van der Waals surface area contributed by atoms with E-state index in [1.54, 1.807) is 6.33 Å². The fraction of sp³-hybridized carbons (Fsp3) is 0.389. The van der Waals surface area contributed by atoms with Gasteiger partial charge in [0.2, 0.25) is 0 Å². The number of halogens is 2. The Balaban J connectivity index is 1.82. The van der Waals surface area contributed by atoms with Crippen LogP contribution in [0.2, 0.25) is 5.02 Å². The van der Waals surface area contributed by atoms with Crippen molar-refractivity contribution in [1.82, 2.24) is 24.6 Å². The van der Waals surface area contributed by atoms with E-state index in [1.165, 1.54) is 6.07 Å². The summed E-state index contributed by atoms with van der Waals surface area (Å²) in [7, 11) is 2.10. The Hall–Kier alpha value is -2.25. The number of imidazole rings is 1. The summed E-state index contributed by atoms with van der Waals surface area (Å²) in [4.78, 5) is 6.78. The minimum absolute atomic E-state index is 0.00625. The molecule has 2 aromatic heterocycles. The Morgan fingerprint density at radius 2 is 2.12 bits per heavy atom. The van der Waals surface area contributed by atoms with E-state index >= 15 is 0 Å². The molecule has 6 nitrogen and oxygen atoms in total. The van der Waals surface area contributed by atoms with Gasteiger partial charge < -0.3 is 14.6 Å². The number of nitrogens with zero attached hydrogens (tertiary/aromatic N) is 5. The molecule has 0 saturated carbocycles. The number of phenols is 1. The van der Waals surface area contributed by atoms with Crippen molar-refractivity contribution in [2.45, 2.75) is 25.8 Å². The number of fused-ring (bicyclic) bond motifs is 1. The third-order valence-corrected chi connectivity index (χ3v) is 5.20. The largest absolute Gasteiger partial charge is 0.507 e. The Kier molecular flexibility index (Phi) is 4.28. The van der Waals surface area contributed by atoms with Crippen molar-refractivity contribution in [3.05, 3.63) is 34.9 Å². The highest BCUT2D eigenvalue weighted by Crippen LogP contribution is 2.36. The Morgan fingerprint density at radius 1 is 1.31 bits per heavy atom. The molecule has 1 aliphatic heterocycles. The normalized spacial score (nSPS) is 18.5. The van der Waals surface area contributed by atoms with Crippen molar-refractivity contribution < 1.29 is 9.50 Å². The highest BCUT2D eigenvalue weighted by Gasteiger charge is 2.24. The molecule has 0 aliphatic carbocycles. The standard InChI is InChI=1S/C18H19ClFN5O/c1-10-16(15-13(20)6-11(19)7-14(15)26)22-23-18-17(10)21-9-25(18)12-4-3-5-24(2)8-12/h6-7,9,12,26H,3-5,8H2,1-2H3/t12-/m1/s1. The summed E-state index contributed by atoms with van der Waals surface area (Å²) in [6.45, 7) is 3.83. The molecule has 0 amide bonds. The Bertz CT molecular complexity index is 966. The third kappa shape index (κ3) is 2.81. The van der Waals surface area contributed by atoms with Crippen LogP contribution in [0.1, 0.15) is 24.4 Å². The zero-order valence-electron chi connectivity index (χ0n) is 14.6. The number of rotatable bonds is 2. The van der Waals surface area contributed by atoms with Crippen molar-refractivity contribution in [3.63, 3.8) is 0 Å². The van der Waals surface area contributed by atoms with Gasteiger partial charge in [0.1, 0.15) is 22.8 Å². The number of hydrogen-bond donors (Lipinski definition) is 1. The van der Waals surface area contributed by atoms with Gasteiger partial charge in [0.15, 0.2) is 5.65 Å². The van der Waals surface area contributed by atoms with Gasteiger partial charge in [-0.3, -0.25) is 0 Å². The SMILES string of the molecule is Cc1c(-c2c(O)cc(Cl)cc2F)nnc2c1ncn2[C@@H]1CCCN(C)C1. The van der Waals surface area contributed by atoms with Crippen molar-refractivity contribution in [1.29, 1.82) is 0 Å². The quantitative estimate of drug-likeness (QED) is 0.741. The van der Waals surface area contributed by atoms with Gasteiger partial charge in [-0.1, -0.05) is 11.6 Å². The second-order valence-electron chi connectivity index (χ2n) is 6.84. The van der Waals surface area contributed by atoms with Crippen LogP contribution in [0.4, 0.5) is 4.39 Å². The monoisotopic (exact) mass is 375 g/mol. The van der Waals surface area contributed by atoms with Gasteiger partial charge in [-0.25, -0.2) is 9.37 Å². The van der Waals surface area contributed by atoms with E-state index in [2.05, 4.69) is 27.1 Å². The van der Waals surface area contributed by atoms with Crippen LogP contribution in [0, 0.1) is 12.7 Å². The summed E-state index contributed by atoms with van der Waals surface area (Å²) in [6, 6.07) is 2.74. The number of aryl methyl sites for hydroxylation is 1. The third-order valence-electron chi connectivity index (χ3n) is 4.99. The van der Waals surface area contributed by atoms with E-state index in [-0.39, 0.29) is 22.0 Å². The molecular weight excluding hydrogens is 357 g/mol. The lowest BCUT2D eigenvalue weighted by atomic mass is 10.0. The first kappa shape index (κ1) is 17.2. The van der Waals surface area contributed by atoms with E-state index in [4.69, 9.17) is 11.6 Å². The number of hydrogen-bond acceptors (Lipinski definition) is 5. The zero-order chi connectivity index (χ0) is 18.4. The molecule has 136 valence electrons. The summed E-state index contributed by atoms with van der Waals surface area (Å²) in [5, 5.41) is 18.8. The highest BCUT2D eigenvalue weighted by molar-refractivity contribution is 6.30. The molecule has 3 aromatic rings. The minimum Gasteiger partial charge on any atom is -0.507 e. The van der Waals surface area contributed by atoms with E-state index in [0.29, 0.717) is 22.8 Å². The average molecular weight is 376 g/mol. The molecular formula is C18H19ClFN5O. The van der Waals surface area contributed by atoms with E-state index in [1.807, 2.05) is 11.5 Å². The van der Waals surface area contributed by atoms with Gasteiger partial charge >= 0.3 is 0 Å². The van der Waals surface area contributed by atoms with Crippen molar-refractivity contribution >= 4 is 22.8 Å². The second-order valence-corrected chi connectivity index (χ2v) is 7.27. The van der Waals surface area contributed by atoms with Gasteiger partial charge in [-0.05, 0) is 45.5 Å². The molecule has 1 aliphatic rings. The molecule has 0 bridgehead atoms. The number of likely N-dealkylation sites (tertiary alicyclic amines) is 1. The van der Waals surface area contributed by atoms with Crippen LogP contribution >= 0.6 is 11.6 Å². The lowest BCUT2D eigenvalue weighted by molar-refractivity contribution is 0.214. The smallest absolute Gasteiger partial charge is 0.183 e. The molecule has 3 heterocycles. The van der Waals surface area contributed by atoms with Crippen LogP contribution < -0.4 is 0 Å². The number of likely N-dealkylation sites (N-methyl/N-ethyl adjacent to an activating group) is 1. The summed E-state index contributed by atoms with van der Waals surface area (Å²) in [5.74, 6) is -0.903. The minimum atomic E-state index is -0.639. The maximum absolute atomic E-state index is 14.4. The van der Waals surface area contributed by atoms with Crippen LogP contribution in [0.3, 0.4) is 0 Å². The van der Waals surface area contributed by atoms with Crippen LogP contribution in [0.25, 0.3) is 22.4 Å². The molecule has 4 rings (SSSR count). The maximum Gasteiger partial charge on any atom is 0.183 e. The summed E-state index contributed by atoms with van der Waals surface area (Å²) in [6.07, 6.45) is 3.96. The van der Waals surface area contributed by atoms with Gasteiger partial charge in [-0.15, -0.1) is 10.2 Å². The topological polar surface area (TPSA) is 67.1 Å². The second kappa shape index (κ2) is 6.48. The van der Waals surface area contributed by atoms with Crippen molar-refractivity contribution in [2.75, 3.05) is 20.1 Å². The molecule has 1 aromatic carbocycles. The molecule has 0 radical (unpaired) electrons. The number of piperidine rings is 1. The highest BCUT2D eigenvalue weighted by atomic mass is 35.5. The van der Waals surface area contributed by atoms with Crippen LogP contribution in [-0.2, 0) is 0 Å². The van der Waals surface area contributed by atoms with Crippen LogP contribution in [0.5, 0.6) is 5.75 Å². The molecule has 0 unspecified atom stereocenters. The first-order valence-corrected chi connectivity index (χ1v) is 8.90. The first-order chi connectivity index (χ1) is 12.5. The summed E-state index contributed by atoms with van der Waals surface area (Å²) >= 11 is 5.79. The number of benzene rings is 1. The molecule has 0 spiro atoms. The fourth-order valence-electron chi connectivity index (χ4n) is 3.67. The van der Waals surface area contributed by atoms with Gasteiger partial charge in [-0.2, -0.15) is 0 Å². The fourth-order valence-corrected chi connectivity index (χ4v) is 3.87. The number of aromatic hydroxyl groups is 1.